The summed E-state index contributed by atoms with van der Waals surface area (Å²) in [4.78, 5) is 2.33. The van der Waals surface area contributed by atoms with E-state index in [0.717, 1.165) is 44.5 Å². The number of rotatable bonds is 3. The van der Waals surface area contributed by atoms with E-state index in [1.54, 1.807) is 0 Å². The molecule has 0 amide bonds. The molecule has 1 aromatic rings. The van der Waals surface area contributed by atoms with Crippen LogP contribution in [0.5, 0.6) is 0 Å². The number of nitrogens with one attached hydrogen (secondary N) is 1. The molecule has 1 fully saturated rings. The minimum absolute atomic E-state index is 0.314. The zero-order chi connectivity index (χ0) is 10.7. The Bertz CT molecular complexity index is 304. The second kappa shape index (κ2) is 4.72. The standard InChI is InChI=1S/C10H18N4O/c1-8(2)10-13-12-9(15-10)7-14-5-3-11-4-6-14/h8,11H,3-7H2,1-2H3. The predicted molar refractivity (Wildman–Crippen MR) is 56.5 cm³/mol. The molecule has 1 aliphatic rings. The summed E-state index contributed by atoms with van der Waals surface area (Å²) in [6.07, 6.45) is 0. The molecule has 84 valence electrons. The van der Waals surface area contributed by atoms with Crippen LogP contribution in [0.4, 0.5) is 0 Å². The van der Waals surface area contributed by atoms with Crippen molar-refractivity contribution in [2.24, 2.45) is 0 Å². The van der Waals surface area contributed by atoms with Crippen LogP contribution in [-0.2, 0) is 6.54 Å². The van der Waals surface area contributed by atoms with Gasteiger partial charge in [0, 0.05) is 32.1 Å². The number of hydrogen-bond donors (Lipinski definition) is 1. The van der Waals surface area contributed by atoms with Gasteiger partial charge in [0.15, 0.2) is 0 Å². The summed E-state index contributed by atoms with van der Waals surface area (Å²) in [7, 11) is 0. The van der Waals surface area contributed by atoms with Crippen molar-refractivity contribution < 1.29 is 4.42 Å². The van der Waals surface area contributed by atoms with Gasteiger partial charge >= 0.3 is 0 Å². The number of aromatic nitrogens is 2. The molecule has 0 radical (unpaired) electrons. The maximum atomic E-state index is 5.56. The molecular weight excluding hydrogens is 192 g/mol. The van der Waals surface area contributed by atoms with Crippen molar-refractivity contribution >= 4 is 0 Å². The first kappa shape index (κ1) is 10.6. The smallest absolute Gasteiger partial charge is 0.230 e. The summed E-state index contributed by atoms with van der Waals surface area (Å²) in [5.41, 5.74) is 0. The van der Waals surface area contributed by atoms with Gasteiger partial charge in [0.25, 0.3) is 0 Å². The van der Waals surface area contributed by atoms with Crippen LogP contribution in [0.3, 0.4) is 0 Å². The average molecular weight is 210 g/mol. The maximum Gasteiger partial charge on any atom is 0.230 e. The van der Waals surface area contributed by atoms with E-state index in [9.17, 15) is 0 Å². The molecule has 0 aliphatic carbocycles. The lowest BCUT2D eigenvalue weighted by Gasteiger charge is -2.25. The molecule has 0 aromatic carbocycles. The van der Waals surface area contributed by atoms with Gasteiger partial charge in [0.1, 0.15) is 0 Å². The Morgan fingerprint density at radius 2 is 2.07 bits per heavy atom. The molecule has 0 saturated carbocycles. The summed E-state index contributed by atoms with van der Waals surface area (Å²) < 4.78 is 5.56. The fourth-order valence-corrected chi connectivity index (χ4v) is 1.62. The second-order valence-corrected chi connectivity index (χ2v) is 4.21. The maximum absolute atomic E-state index is 5.56. The Labute approximate surface area is 89.9 Å². The summed E-state index contributed by atoms with van der Waals surface area (Å²) in [6, 6.07) is 0. The van der Waals surface area contributed by atoms with Crippen LogP contribution in [0.15, 0.2) is 4.42 Å². The Kier molecular flexibility index (Phi) is 3.33. The lowest BCUT2D eigenvalue weighted by molar-refractivity contribution is 0.210. The van der Waals surface area contributed by atoms with Gasteiger partial charge < -0.3 is 9.73 Å². The van der Waals surface area contributed by atoms with E-state index < -0.39 is 0 Å². The number of nitrogens with zero attached hydrogens (tertiary/aromatic N) is 3. The van der Waals surface area contributed by atoms with E-state index in [4.69, 9.17) is 4.42 Å². The first-order chi connectivity index (χ1) is 7.25. The van der Waals surface area contributed by atoms with Crippen LogP contribution >= 0.6 is 0 Å². The van der Waals surface area contributed by atoms with Crippen LogP contribution in [0.1, 0.15) is 31.5 Å². The highest BCUT2D eigenvalue weighted by Gasteiger charge is 2.14. The molecule has 2 heterocycles. The Morgan fingerprint density at radius 3 is 2.67 bits per heavy atom. The van der Waals surface area contributed by atoms with Crippen LogP contribution in [0, 0.1) is 0 Å². The largest absolute Gasteiger partial charge is 0.424 e. The Hall–Kier alpha value is -0.940. The van der Waals surface area contributed by atoms with Crippen molar-refractivity contribution in [2.75, 3.05) is 26.2 Å². The minimum atomic E-state index is 0.314. The minimum Gasteiger partial charge on any atom is -0.424 e. The van der Waals surface area contributed by atoms with Crippen molar-refractivity contribution in [3.05, 3.63) is 11.8 Å². The molecule has 1 N–H and O–H groups in total. The lowest BCUT2D eigenvalue weighted by atomic mass is 10.2. The second-order valence-electron chi connectivity index (χ2n) is 4.21. The third kappa shape index (κ3) is 2.76. The Balaban J connectivity index is 1.91. The van der Waals surface area contributed by atoms with Crippen LogP contribution in [0.25, 0.3) is 0 Å². The fourth-order valence-electron chi connectivity index (χ4n) is 1.62. The molecule has 5 nitrogen and oxygen atoms in total. The molecular formula is C10H18N4O. The fraction of sp³-hybridized carbons (Fsp3) is 0.800. The van der Waals surface area contributed by atoms with Gasteiger partial charge in [0.2, 0.25) is 11.8 Å². The van der Waals surface area contributed by atoms with E-state index in [1.807, 2.05) is 0 Å². The van der Waals surface area contributed by atoms with Gasteiger partial charge in [-0.1, -0.05) is 13.8 Å². The summed E-state index contributed by atoms with van der Waals surface area (Å²) in [5, 5.41) is 11.4. The van der Waals surface area contributed by atoms with Crippen molar-refractivity contribution in [3.63, 3.8) is 0 Å². The van der Waals surface area contributed by atoms with Gasteiger partial charge in [-0.2, -0.15) is 0 Å². The van der Waals surface area contributed by atoms with Crippen molar-refractivity contribution in [3.8, 4) is 0 Å². The van der Waals surface area contributed by atoms with E-state index in [1.165, 1.54) is 0 Å². The van der Waals surface area contributed by atoms with Gasteiger partial charge in [0.05, 0.1) is 6.54 Å². The third-order valence-electron chi connectivity index (χ3n) is 2.54. The van der Waals surface area contributed by atoms with Crippen molar-refractivity contribution in [1.29, 1.82) is 0 Å². The zero-order valence-electron chi connectivity index (χ0n) is 9.36. The van der Waals surface area contributed by atoms with Crippen LogP contribution in [-0.4, -0.2) is 41.3 Å². The first-order valence-corrected chi connectivity index (χ1v) is 5.51. The molecule has 0 unspecified atom stereocenters. The average Bonchev–Trinajstić information content (AvgIpc) is 2.68. The van der Waals surface area contributed by atoms with Gasteiger partial charge in [-0.15, -0.1) is 10.2 Å². The van der Waals surface area contributed by atoms with Gasteiger partial charge in [-0.3, -0.25) is 4.90 Å². The van der Waals surface area contributed by atoms with Crippen molar-refractivity contribution in [2.45, 2.75) is 26.3 Å². The van der Waals surface area contributed by atoms with E-state index in [-0.39, 0.29) is 0 Å². The third-order valence-corrected chi connectivity index (χ3v) is 2.54. The van der Waals surface area contributed by atoms with Crippen LogP contribution < -0.4 is 5.32 Å². The number of hydrogen-bond acceptors (Lipinski definition) is 5. The topological polar surface area (TPSA) is 54.2 Å². The lowest BCUT2D eigenvalue weighted by Crippen LogP contribution is -2.42. The van der Waals surface area contributed by atoms with Gasteiger partial charge in [-0.05, 0) is 0 Å². The van der Waals surface area contributed by atoms with Gasteiger partial charge in [-0.25, -0.2) is 0 Å². The molecule has 0 bridgehead atoms. The van der Waals surface area contributed by atoms with Crippen molar-refractivity contribution in [1.82, 2.24) is 20.4 Å². The normalized spacial score (nSPS) is 18.6. The molecule has 5 heteroatoms. The highest BCUT2D eigenvalue weighted by molar-refractivity contribution is 4.87. The SMILES string of the molecule is CC(C)c1nnc(CN2CCNCC2)o1. The quantitative estimate of drug-likeness (QED) is 0.791. The summed E-state index contributed by atoms with van der Waals surface area (Å²) in [5.74, 6) is 1.79. The monoisotopic (exact) mass is 210 g/mol. The molecule has 2 rings (SSSR count). The molecule has 1 saturated heterocycles. The summed E-state index contributed by atoms with van der Waals surface area (Å²) in [6.45, 7) is 9.10. The predicted octanol–water partition coefficient (Wildman–Crippen LogP) is 0.598. The highest BCUT2D eigenvalue weighted by Crippen LogP contribution is 2.13. The Morgan fingerprint density at radius 1 is 1.33 bits per heavy atom. The summed E-state index contributed by atoms with van der Waals surface area (Å²) >= 11 is 0. The first-order valence-electron chi connectivity index (χ1n) is 5.51. The van der Waals surface area contributed by atoms with Crippen LogP contribution in [0.2, 0.25) is 0 Å². The molecule has 0 spiro atoms. The highest BCUT2D eigenvalue weighted by atomic mass is 16.4. The molecule has 15 heavy (non-hydrogen) atoms. The zero-order valence-corrected chi connectivity index (χ0v) is 9.36. The van der Waals surface area contributed by atoms with E-state index in [0.29, 0.717) is 5.92 Å². The molecule has 0 atom stereocenters. The van der Waals surface area contributed by atoms with E-state index >= 15 is 0 Å². The number of piperazine rings is 1. The van der Waals surface area contributed by atoms with E-state index in [2.05, 4.69) is 34.3 Å². The molecule has 1 aliphatic heterocycles. The molecule has 1 aromatic heterocycles.